The second kappa shape index (κ2) is 8.32. The normalized spacial score (nSPS) is 18.5. The third kappa shape index (κ3) is 4.52. The van der Waals surface area contributed by atoms with Gasteiger partial charge in [-0.15, -0.1) is 0 Å². The molecule has 1 saturated heterocycles. The minimum Gasteiger partial charge on any atom is -0.371 e. The van der Waals surface area contributed by atoms with Crippen LogP contribution in [0.4, 0.5) is 5.69 Å². The minimum absolute atomic E-state index is 0.108. The topological polar surface area (TPSA) is 32.3 Å². The van der Waals surface area contributed by atoms with E-state index in [1.165, 1.54) is 18.5 Å². The molecule has 1 N–H and O–H groups in total. The van der Waals surface area contributed by atoms with Crippen molar-refractivity contribution in [2.45, 2.75) is 32.7 Å². The van der Waals surface area contributed by atoms with Gasteiger partial charge in [-0.05, 0) is 61.6 Å². The van der Waals surface area contributed by atoms with Gasteiger partial charge in [0.2, 0.25) is 0 Å². The first-order valence-corrected chi connectivity index (χ1v) is 9.80. The third-order valence-corrected chi connectivity index (χ3v) is 5.49. The highest BCUT2D eigenvalue weighted by Gasteiger charge is 2.18. The Bertz CT molecular complexity index is 776. The number of anilines is 1. The second-order valence-electron chi connectivity index (χ2n) is 7.10. The molecule has 0 aromatic heterocycles. The molecule has 3 rings (SSSR count). The van der Waals surface area contributed by atoms with Gasteiger partial charge in [0.1, 0.15) is 0 Å². The number of carbonyl (C=O) groups is 1. The SMILES string of the molecule is C[C@@H]1CCCN(c2ccc([C@H](C)NC(=O)c3ccc(Cl)cc3Cl)cc2)C1. The molecule has 0 aliphatic carbocycles. The van der Waals surface area contributed by atoms with Gasteiger partial charge >= 0.3 is 0 Å². The molecular weight excluding hydrogens is 367 g/mol. The lowest BCUT2D eigenvalue weighted by atomic mass is 9.99. The van der Waals surface area contributed by atoms with Crippen molar-refractivity contribution in [1.29, 1.82) is 0 Å². The van der Waals surface area contributed by atoms with Crippen molar-refractivity contribution in [2.24, 2.45) is 5.92 Å². The van der Waals surface area contributed by atoms with Crippen molar-refractivity contribution in [1.82, 2.24) is 5.32 Å². The lowest BCUT2D eigenvalue weighted by Crippen LogP contribution is -2.34. The molecule has 0 spiro atoms. The molecule has 1 amide bonds. The summed E-state index contributed by atoms with van der Waals surface area (Å²) in [5.41, 5.74) is 2.75. The maximum Gasteiger partial charge on any atom is 0.253 e. The van der Waals surface area contributed by atoms with Crippen molar-refractivity contribution in [3.63, 3.8) is 0 Å². The number of nitrogens with zero attached hydrogens (tertiary/aromatic N) is 1. The Hall–Kier alpha value is -1.71. The maximum atomic E-state index is 12.5. The summed E-state index contributed by atoms with van der Waals surface area (Å²) in [6.45, 7) is 6.51. The van der Waals surface area contributed by atoms with Gasteiger partial charge in [-0.1, -0.05) is 42.3 Å². The van der Waals surface area contributed by atoms with Gasteiger partial charge in [0, 0.05) is 23.8 Å². The zero-order chi connectivity index (χ0) is 18.7. The highest BCUT2D eigenvalue weighted by Crippen LogP contribution is 2.25. The molecule has 1 fully saturated rings. The summed E-state index contributed by atoms with van der Waals surface area (Å²) in [6.07, 6.45) is 2.56. The van der Waals surface area contributed by atoms with Gasteiger partial charge in [-0.3, -0.25) is 4.79 Å². The number of halogens is 2. The summed E-state index contributed by atoms with van der Waals surface area (Å²) in [6, 6.07) is 13.2. The number of hydrogen-bond donors (Lipinski definition) is 1. The fourth-order valence-electron chi connectivity index (χ4n) is 3.43. The van der Waals surface area contributed by atoms with Crippen LogP contribution in [0.3, 0.4) is 0 Å². The quantitative estimate of drug-likeness (QED) is 0.723. The van der Waals surface area contributed by atoms with Crippen LogP contribution in [0.5, 0.6) is 0 Å². The summed E-state index contributed by atoms with van der Waals surface area (Å²) >= 11 is 12.0. The molecule has 0 bridgehead atoms. The number of piperidine rings is 1. The van der Waals surface area contributed by atoms with Gasteiger partial charge in [0.25, 0.3) is 5.91 Å². The smallest absolute Gasteiger partial charge is 0.253 e. The number of hydrogen-bond acceptors (Lipinski definition) is 2. The first-order chi connectivity index (χ1) is 12.4. The third-order valence-electron chi connectivity index (χ3n) is 4.94. The summed E-state index contributed by atoms with van der Waals surface area (Å²) < 4.78 is 0. The molecule has 0 saturated carbocycles. The maximum absolute atomic E-state index is 12.5. The van der Waals surface area contributed by atoms with Gasteiger partial charge in [-0.25, -0.2) is 0 Å². The lowest BCUT2D eigenvalue weighted by molar-refractivity contribution is 0.0940. The van der Waals surface area contributed by atoms with Crippen LogP contribution >= 0.6 is 23.2 Å². The molecule has 1 aliphatic rings. The molecular formula is C21H24Cl2N2O. The van der Waals surface area contributed by atoms with Crippen LogP contribution in [0.15, 0.2) is 42.5 Å². The van der Waals surface area contributed by atoms with Crippen molar-refractivity contribution in [2.75, 3.05) is 18.0 Å². The molecule has 2 aromatic carbocycles. The van der Waals surface area contributed by atoms with Gasteiger partial charge in [0.15, 0.2) is 0 Å². The molecule has 0 unspecified atom stereocenters. The first kappa shape index (κ1) is 19.1. The first-order valence-electron chi connectivity index (χ1n) is 9.05. The zero-order valence-electron chi connectivity index (χ0n) is 15.1. The van der Waals surface area contributed by atoms with Crippen molar-refractivity contribution >= 4 is 34.8 Å². The van der Waals surface area contributed by atoms with Crippen LogP contribution in [0.2, 0.25) is 10.0 Å². The van der Waals surface area contributed by atoms with Crippen molar-refractivity contribution < 1.29 is 4.79 Å². The number of nitrogens with one attached hydrogen (secondary N) is 1. The molecule has 3 nitrogen and oxygen atoms in total. The predicted octanol–water partition coefficient (Wildman–Crippen LogP) is 5.72. The van der Waals surface area contributed by atoms with E-state index in [4.69, 9.17) is 23.2 Å². The van der Waals surface area contributed by atoms with E-state index in [0.29, 0.717) is 15.6 Å². The second-order valence-corrected chi connectivity index (χ2v) is 7.95. The summed E-state index contributed by atoms with van der Waals surface area (Å²) in [4.78, 5) is 14.9. The lowest BCUT2D eigenvalue weighted by Gasteiger charge is -2.33. The molecule has 138 valence electrons. The molecule has 2 aromatic rings. The Morgan fingerprint density at radius 2 is 1.92 bits per heavy atom. The Balaban J connectivity index is 1.66. The van der Waals surface area contributed by atoms with E-state index in [1.54, 1.807) is 18.2 Å². The Kier molecular flexibility index (Phi) is 6.10. The molecule has 1 aliphatic heterocycles. The van der Waals surface area contributed by atoms with Crippen LogP contribution in [-0.2, 0) is 0 Å². The summed E-state index contributed by atoms with van der Waals surface area (Å²) in [5.74, 6) is 0.541. The predicted molar refractivity (Wildman–Crippen MR) is 109 cm³/mol. The standard InChI is InChI=1S/C21H24Cl2N2O/c1-14-4-3-11-25(13-14)18-8-5-16(6-9-18)15(2)24-21(26)19-10-7-17(22)12-20(19)23/h5-10,12,14-15H,3-4,11,13H2,1-2H3,(H,24,26)/t14-,15+/m1/s1. The van der Waals surface area contributed by atoms with Crippen LogP contribution in [0.1, 0.15) is 48.7 Å². The minimum atomic E-state index is -0.201. The van der Waals surface area contributed by atoms with Crippen LogP contribution in [-0.4, -0.2) is 19.0 Å². The van der Waals surface area contributed by atoms with Crippen LogP contribution in [0, 0.1) is 5.92 Å². The fraction of sp³-hybridized carbons (Fsp3) is 0.381. The average Bonchev–Trinajstić information content (AvgIpc) is 2.61. The van der Waals surface area contributed by atoms with E-state index in [1.807, 2.05) is 6.92 Å². The van der Waals surface area contributed by atoms with Gasteiger partial charge < -0.3 is 10.2 Å². The molecule has 1 heterocycles. The number of rotatable bonds is 4. The highest BCUT2D eigenvalue weighted by atomic mass is 35.5. The Morgan fingerprint density at radius 3 is 2.58 bits per heavy atom. The van der Waals surface area contributed by atoms with E-state index in [9.17, 15) is 4.79 Å². The van der Waals surface area contributed by atoms with Crippen LogP contribution in [0.25, 0.3) is 0 Å². The van der Waals surface area contributed by atoms with Crippen LogP contribution < -0.4 is 10.2 Å². The molecule has 2 atom stereocenters. The average molecular weight is 391 g/mol. The summed E-state index contributed by atoms with van der Waals surface area (Å²) in [7, 11) is 0. The van der Waals surface area contributed by atoms with Crippen molar-refractivity contribution in [3.05, 3.63) is 63.6 Å². The largest absolute Gasteiger partial charge is 0.371 e. The zero-order valence-corrected chi connectivity index (χ0v) is 16.6. The summed E-state index contributed by atoms with van der Waals surface area (Å²) in [5, 5.41) is 3.87. The van der Waals surface area contributed by atoms with E-state index in [0.717, 1.165) is 24.6 Å². The Labute approximate surface area is 165 Å². The molecule has 26 heavy (non-hydrogen) atoms. The number of carbonyl (C=O) groups excluding carboxylic acids is 1. The molecule has 0 radical (unpaired) electrons. The van der Waals surface area contributed by atoms with E-state index in [-0.39, 0.29) is 11.9 Å². The number of benzene rings is 2. The fourth-order valence-corrected chi connectivity index (χ4v) is 3.92. The molecule has 5 heteroatoms. The van der Waals surface area contributed by atoms with E-state index in [2.05, 4.69) is 41.4 Å². The van der Waals surface area contributed by atoms with Gasteiger partial charge in [-0.2, -0.15) is 0 Å². The van der Waals surface area contributed by atoms with E-state index < -0.39 is 0 Å². The highest BCUT2D eigenvalue weighted by molar-refractivity contribution is 6.36. The monoisotopic (exact) mass is 390 g/mol. The van der Waals surface area contributed by atoms with Crippen molar-refractivity contribution in [3.8, 4) is 0 Å². The number of amides is 1. The van der Waals surface area contributed by atoms with Gasteiger partial charge in [0.05, 0.1) is 16.6 Å². The van der Waals surface area contributed by atoms with E-state index >= 15 is 0 Å². The Morgan fingerprint density at radius 1 is 1.19 bits per heavy atom.